The molecule has 0 fully saturated rings. The van der Waals surface area contributed by atoms with E-state index in [0.717, 1.165) is 41.7 Å². The van der Waals surface area contributed by atoms with Crippen molar-refractivity contribution in [1.82, 2.24) is 0 Å². The molecule has 0 atom stereocenters. The van der Waals surface area contributed by atoms with Crippen LogP contribution >= 0.6 is 11.8 Å². The first-order valence-electron chi connectivity index (χ1n) is 10.7. The second kappa shape index (κ2) is 10.0. The molecule has 0 bridgehead atoms. The second-order valence-electron chi connectivity index (χ2n) is 7.52. The van der Waals surface area contributed by atoms with Crippen molar-refractivity contribution in [3.8, 4) is 16.9 Å². The number of benzene rings is 2. The SMILES string of the molecule is CCc1cc(CC)c(-c2c(O)cc(CCSc3ccc(C)cc3)oc2=O)c(CC)c1. The van der Waals surface area contributed by atoms with Crippen LogP contribution in [0.2, 0.25) is 0 Å². The molecule has 158 valence electrons. The smallest absolute Gasteiger partial charge is 0.347 e. The lowest BCUT2D eigenvalue weighted by Crippen LogP contribution is -2.09. The molecule has 0 aliphatic rings. The van der Waals surface area contributed by atoms with E-state index in [-0.39, 0.29) is 5.75 Å². The molecule has 1 aromatic heterocycles. The summed E-state index contributed by atoms with van der Waals surface area (Å²) < 4.78 is 5.63. The Balaban J connectivity index is 1.88. The van der Waals surface area contributed by atoms with Crippen LogP contribution in [0, 0.1) is 6.92 Å². The van der Waals surface area contributed by atoms with E-state index in [1.807, 2.05) is 0 Å². The van der Waals surface area contributed by atoms with E-state index < -0.39 is 5.63 Å². The summed E-state index contributed by atoms with van der Waals surface area (Å²) in [6.45, 7) is 8.35. The first kappa shape index (κ1) is 22.2. The van der Waals surface area contributed by atoms with Gasteiger partial charge in [-0.1, -0.05) is 50.6 Å². The summed E-state index contributed by atoms with van der Waals surface area (Å²) in [6, 6.07) is 14.2. The Hall–Kier alpha value is -2.46. The Labute approximate surface area is 183 Å². The molecule has 0 spiro atoms. The average Bonchev–Trinajstić information content (AvgIpc) is 2.74. The number of aromatic hydroxyl groups is 1. The Kier molecular flexibility index (Phi) is 7.43. The van der Waals surface area contributed by atoms with Gasteiger partial charge in [0.05, 0.1) is 0 Å². The summed E-state index contributed by atoms with van der Waals surface area (Å²) in [5, 5.41) is 10.8. The van der Waals surface area contributed by atoms with Crippen molar-refractivity contribution in [2.45, 2.75) is 58.3 Å². The van der Waals surface area contributed by atoms with E-state index in [0.29, 0.717) is 17.7 Å². The van der Waals surface area contributed by atoms with E-state index in [9.17, 15) is 9.90 Å². The van der Waals surface area contributed by atoms with Crippen molar-refractivity contribution in [3.05, 3.63) is 80.9 Å². The van der Waals surface area contributed by atoms with E-state index >= 15 is 0 Å². The number of aryl methyl sites for hydroxylation is 5. The zero-order valence-corrected chi connectivity index (χ0v) is 19.1. The van der Waals surface area contributed by atoms with Gasteiger partial charge in [-0.05, 0) is 60.6 Å². The third-order valence-electron chi connectivity index (χ3n) is 5.40. The maximum absolute atomic E-state index is 12.9. The van der Waals surface area contributed by atoms with Crippen molar-refractivity contribution in [3.63, 3.8) is 0 Å². The highest BCUT2D eigenvalue weighted by molar-refractivity contribution is 7.99. The summed E-state index contributed by atoms with van der Waals surface area (Å²) in [7, 11) is 0. The molecule has 3 aromatic rings. The molecule has 3 nitrogen and oxygen atoms in total. The number of hydrogen-bond donors (Lipinski definition) is 1. The molecule has 1 heterocycles. The van der Waals surface area contributed by atoms with Gasteiger partial charge in [-0.25, -0.2) is 4.79 Å². The van der Waals surface area contributed by atoms with Crippen LogP contribution < -0.4 is 5.63 Å². The largest absolute Gasteiger partial charge is 0.507 e. The lowest BCUT2D eigenvalue weighted by atomic mass is 9.89. The fraction of sp³-hybridized carbons (Fsp3) is 0.346. The predicted molar refractivity (Wildman–Crippen MR) is 126 cm³/mol. The normalized spacial score (nSPS) is 11.1. The molecule has 30 heavy (non-hydrogen) atoms. The molecule has 0 aliphatic carbocycles. The van der Waals surface area contributed by atoms with Gasteiger partial charge in [0.2, 0.25) is 0 Å². The fourth-order valence-corrected chi connectivity index (χ4v) is 4.58. The topological polar surface area (TPSA) is 50.4 Å². The maximum Gasteiger partial charge on any atom is 0.347 e. The van der Waals surface area contributed by atoms with E-state index in [4.69, 9.17) is 4.42 Å². The molecular formula is C26H30O3S. The Morgan fingerprint density at radius 2 is 1.53 bits per heavy atom. The first-order chi connectivity index (χ1) is 14.5. The van der Waals surface area contributed by atoms with E-state index in [1.165, 1.54) is 16.0 Å². The molecule has 0 aliphatic heterocycles. The minimum absolute atomic E-state index is 0.00948. The molecule has 0 radical (unpaired) electrons. The van der Waals surface area contributed by atoms with Crippen molar-refractivity contribution in [2.24, 2.45) is 0 Å². The Morgan fingerprint density at radius 1 is 0.900 bits per heavy atom. The van der Waals surface area contributed by atoms with Crippen molar-refractivity contribution < 1.29 is 9.52 Å². The molecule has 0 saturated heterocycles. The Bertz CT molecular complexity index is 1040. The highest BCUT2D eigenvalue weighted by Gasteiger charge is 2.20. The Morgan fingerprint density at radius 3 is 2.07 bits per heavy atom. The highest BCUT2D eigenvalue weighted by atomic mass is 32.2. The minimum atomic E-state index is -0.459. The third kappa shape index (κ3) is 4.99. The second-order valence-corrected chi connectivity index (χ2v) is 8.69. The fourth-order valence-electron chi connectivity index (χ4n) is 3.71. The van der Waals surface area contributed by atoms with Crippen molar-refractivity contribution in [1.29, 1.82) is 0 Å². The van der Waals surface area contributed by atoms with Gasteiger partial charge < -0.3 is 9.52 Å². The zero-order valence-electron chi connectivity index (χ0n) is 18.2. The summed E-state index contributed by atoms with van der Waals surface area (Å²) in [6.07, 6.45) is 3.12. The molecule has 2 aromatic carbocycles. The van der Waals surface area contributed by atoms with Gasteiger partial charge in [0.1, 0.15) is 17.1 Å². The van der Waals surface area contributed by atoms with Crippen LogP contribution in [0.1, 0.15) is 48.8 Å². The van der Waals surface area contributed by atoms with Crippen LogP contribution in [-0.4, -0.2) is 10.9 Å². The van der Waals surface area contributed by atoms with E-state index in [1.54, 1.807) is 17.8 Å². The number of rotatable bonds is 8. The standard InChI is InChI=1S/C26H30O3S/c1-5-18-14-19(6-2)24(20(7-3)15-18)25-23(27)16-21(29-26(25)28)12-13-30-22-10-8-17(4)9-11-22/h8-11,14-16,27H,5-7,12-13H2,1-4H3. The molecule has 4 heteroatoms. The van der Waals surface area contributed by atoms with E-state index in [2.05, 4.69) is 64.1 Å². The summed E-state index contributed by atoms with van der Waals surface area (Å²) in [5.41, 5.74) is 5.31. The van der Waals surface area contributed by atoms with Crippen molar-refractivity contribution in [2.75, 3.05) is 5.75 Å². The van der Waals surface area contributed by atoms with Gasteiger partial charge >= 0.3 is 5.63 Å². The van der Waals surface area contributed by atoms with Crippen LogP contribution in [0.4, 0.5) is 0 Å². The van der Waals surface area contributed by atoms with Gasteiger partial charge in [0.25, 0.3) is 0 Å². The van der Waals surface area contributed by atoms with Gasteiger partial charge in [-0.3, -0.25) is 0 Å². The molecular weight excluding hydrogens is 392 g/mol. The number of hydrogen-bond acceptors (Lipinski definition) is 4. The molecule has 0 amide bonds. The zero-order chi connectivity index (χ0) is 21.7. The molecule has 3 rings (SSSR count). The summed E-state index contributed by atoms with van der Waals surface area (Å²) >= 11 is 1.71. The summed E-state index contributed by atoms with van der Waals surface area (Å²) in [4.78, 5) is 14.1. The van der Waals surface area contributed by atoms with Gasteiger partial charge in [0, 0.05) is 23.1 Å². The molecule has 0 saturated carbocycles. The third-order valence-corrected chi connectivity index (χ3v) is 6.42. The van der Waals surface area contributed by atoms with Crippen LogP contribution in [0.5, 0.6) is 5.75 Å². The molecule has 0 unspecified atom stereocenters. The van der Waals surface area contributed by atoms with Gasteiger partial charge in [0.15, 0.2) is 0 Å². The lowest BCUT2D eigenvalue weighted by molar-refractivity contribution is 0.430. The highest BCUT2D eigenvalue weighted by Crippen LogP contribution is 2.34. The van der Waals surface area contributed by atoms with Crippen LogP contribution in [0.15, 0.2) is 56.6 Å². The number of thioether (sulfide) groups is 1. The predicted octanol–water partition coefficient (Wildman–Crippen LogP) is 6.34. The van der Waals surface area contributed by atoms with Crippen LogP contribution in [0.25, 0.3) is 11.1 Å². The van der Waals surface area contributed by atoms with Gasteiger partial charge in [-0.15, -0.1) is 11.8 Å². The summed E-state index contributed by atoms with van der Waals surface area (Å²) in [5.74, 6) is 1.30. The van der Waals surface area contributed by atoms with Crippen molar-refractivity contribution >= 4 is 11.8 Å². The molecule has 1 N–H and O–H groups in total. The quantitative estimate of drug-likeness (QED) is 0.430. The monoisotopic (exact) mass is 422 g/mol. The first-order valence-corrected chi connectivity index (χ1v) is 11.7. The van der Waals surface area contributed by atoms with Gasteiger partial charge in [-0.2, -0.15) is 0 Å². The minimum Gasteiger partial charge on any atom is -0.507 e. The lowest BCUT2D eigenvalue weighted by Gasteiger charge is -2.16. The maximum atomic E-state index is 12.9. The van der Waals surface area contributed by atoms with Crippen LogP contribution in [0.3, 0.4) is 0 Å². The van der Waals surface area contributed by atoms with Crippen LogP contribution in [-0.2, 0) is 25.7 Å². The average molecular weight is 423 g/mol.